The van der Waals surface area contributed by atoms with Gasteiger partial charge in [0.15, 0.2) is 0 Å². The quantitative estimate of drug-likeness (QED) is 0.725. The van der Waals surface area contributed by atoms with E-state index in [1.54, 1.807) is 0 Å². The summed E-state index contributed by atoms with van der Waals surface area (Å²) >= 11 is 0. The van der Waals surface area contributed by atoms with Crippen molar-refractivity contribution in [2.45, 2.75) is 44.8 Å². The first-order valence-electron chi connectivity index (χ1n) is 5.66. The summed E-state index contributed by atoms with van der Waals surface area (Å²) in [4.78, 5) is 4.90. The minimum Gasteiger partial charge on any atom is -0.328 e. The molecule has 1 aliphatic rings. The Labute approximate surface area is 88.2 Å². The summed E-state index contributed by atoms with van der Waals surface area (Å²) in [5.41, 5.74) is 5.82. The van der Waals surface area contributed by atoms with E-state index in [1.165, 1.54) is 19.5 Å². The van der Waals surface area contributed by atoms with Crippen LogP contribution in [0.5, 0.6) is 0 Å². The van der Waals surface area contributed by atoms with Crippen molar-refractivity contribution in [2.24, 2.45) is 5.73 Å². The van der Waals surface area contributed by atoms with Gasteiger partial charge in [0.1, 0.15) is 0 Å². The molecule has 3 heteroatoms. The fourth-order valence-electron chi connectivity index (χ4n) is 2.28. The van der Waals surface area contributed by atoms with Crippen molar-refractivity contribution in [1.82, 2.24) is 9.80 Å². The van der Waals surface area contributed by atoms with Crippen LogP contribution in [0.2, 0.25) is 0 Å². The van der Waals surface area contributed by atoms with Crippen LogP contribution in [0.4, 0.5) is 0 Å². The Morgan fingerprint density at radius 1 is 1.43 bits per heavy atom. The van der Waals surface area contributed by atoms with Crippen molar-refractivity contribution >= 4 is 0 Å². The van der Waals surface area contributed by atoms with Crippen LogP contribution in [0.1, 0.15) is 26.7 Å². The van der Waals surface area contributed by atoms with E-state index >= 15 is 0 Å². The summed E-state index contributed by atoms with van der Waals surface area (Å²) in [6, 6.07) is 1.70. The second-order valence-electron chi connectivity index (χ2n) is 4.96. The van der Waals surface area contributed by atoms with Crippen LogP contribution < -0.4 is 5.73 Å². The molecule has 1 fully saturated rings. The second-order valence-corrected chi connectivity index (χ2v) is 4.96. The lowest BCUT2D eigenvalue weighted by Gasteiger charge is -2.26. The SMILES string of the molecule is CC(N)CC(C)N1CCC(N(C)C)C1. The largest absolute Gasteiger partial charge is 0.328 e. The fourth-order valence-corrected chi connectivity index (χ4v) is 2.28. The van der Waals surface area contributed by atoms with Crippen molar-refractivity contribution in [1.29, 1.82) is 0 Å². The number of likely N-dealkylation sites (tertiary alicyclic amines) is 1. The monoisotopic (exact) mass is 199 g/mol. The molecule has 84 valence electrons. The molecule has 0 bridgehead atoms. The Morgan fingerprint density at radius 2 is 2.07 bits per heavy atom. The van der Waals surface area contributed by atoms with Crippen molar-refractivity contribution in [2.75, 3.05) is 27.2 Å². The number of hydrogen-bond donors (Lipinski definition) is 1. The number of hydrogen-bond acceptors (Lipinski definition) is 3. The molecule has 3 atom stereocenters. The molecule has 0 aromatic carbocycles. The number of rotatable bonds is 4. The number of nitrogens with zero attached hydrogens (tertiary/aromatic N) is 2. The van der Waals surface area contributed by atoms with Crippen molar-refractivity contribution < 1.29 is 0 Å². The summed E-state index contributed by atoms with van der Waals surface area (Å²) in [5, 5.41) is 0. The van der Waals surface area contributed by atoms with E-state index in [4.69, 9.17) is 5.73 Å². The molecule has 0 amide bonds. The summed E-state index contributed by atoms with van der Waals surface area (Å²) in [6.07, 6.45) is 2.41. The van der Waals surface area contributed by atoms with Crippen LogP contribution >= 0.6 is 0 Å². The molecule has 1 saturated heterocycles. The Kier molecular flexibility index (Phi) is 4.35. The van der Waals surface area contributed by atoms with Crippen molar-refractivity contribution in [3.8, 4) is 0 Å². The maximum Gasteiger partial charge on any atom is 0.0229 e. The highest BCUT2D eigenvalue weighted by Gasteiger charge is 2.27. The summed E-state index contributed by atoms with van der Waals surface area (Å²) < 4.78 is 0. The summed E-state index contributed by atoms with van der Waals surface area (Å²) in [5.74, 6) is 0. The first-order chi connectivity index (χ1) is 6.50. The first kappa shape index (κ1) is 12.0. The van der Waals surface area contributed by atoms with Gasteiger partial charge in [-0.2, -0.15) is 0 Å². The molecular formula is C11H25N3. The van der Waals surface area contributed by atoms with Gasteiger partial charge in [-0.05, 0) is 40.8 Å². The van der Waals surface area contributed by atoms with Crippen LogP contribution in [0.3, 0.4) is 0 Å². The molecule has 3 nitrogen and oxygen atoms in total. The van der Waals surface area contributed by atoms with Gasteiger partial charge in [0.05, 0.1) is 0 Å². The van der Waals surface area contributed by atoms with E-state index in [0.717, 1.165) is 12.5 Å². The highest BCUT2D eigenvalue weighted by Crippen LogP contribution is 2.17. The third kappa shape index (κ3) is 3.23. The van der Waals surface area contributed by atoms with Gasteiger partial charge in [0.2, 0.25) is 0 Å². The van der Waals surface area contributed by atoms with E-state index in [9.17, 15) is 0 Å². The highest BCUT2D eigenvalue weighted by molar-refractivity contribution is 4.84. The van der Waals surface area contributed by atoms with E-state index in [1.807, 2.05) is 0 Å². The van der Waals surface area contributed by atoms with Crippen LogP contribution in [-0.4, -0.2) is 55.1 Å². The standard InChI is InChI=1S/C11H25N3/c1-9(12)7-10(2)14-6-5-11(8-14)13(3)4/h9-11H,5-8,12H2,1-4H3. The van der Waals surface area contributed by atoms with Gasteiger partial charge in [-0.1, -0.05) is 0 Å². The van der Waals surface area contributed by atoms with Crippen molar-refractivity contribution in [3.63, 3.8) is 0 Å². The molecule has 0 radical (unpaired) electrons. The first-order valence-corrected chi connectivity index (χ1v) is 5.66. The van der Waals surface area contributed by atoms with Crippen LogP contribution in [0, 0.1) is 0 Å². The molecule has 0 aromatic heterocycles. The Balaban J connectivity index is 2.34. The molecule has 1 rings (SSSR count). The van der Waals surface area contributed by atoms with E-state index < -0.39 is 0 Å². The maximum absolute atomic E-state index is 5.82. The van der Waals surface area contributed by atoms with Gasteiger partial charge in [0, 0.05) is 31.2 Å². The third-order valence-electron chi connectivity index (χ3n) is 3.26. The molecule has 0 aromatic rings. The number of likely N-dealkylation sites (N-methyl/N-ethyl adjacent to an activating group) is 1. The minimum absolute atomic E-state index is 0.323. The normalized spacial score (nSPS) is 28.3. The molecule has 1 aliphatic heterocycles. The van der Waals surface area contributed by atoms with Crippen LogP contribution in [0.15, 0.2) is 0 Å². The maximum atomic E-state index is 5.82. The van der Waals surface area contributed by atoms with Gasteiger partial charge in [-0.25, -0.2) is 0 Å². The average molecular weight is 199 g/mol. The molecule has 3 unspecified atom stereocenters. The predicted octanol–water partition coefficient (Wildman–Crippen LogP) is 0.748. The smallest absolute Gasteiger partial charge is 0.0229 e. The minimum atomic E-state index is 0.323. The molecule has 0 aliphatic carbocycles. The van der Waals surface area contributed by atoms with Gasteiger partial charge in [-0.15, -0.1) is 0 Å². The summed E-state index contributed by atoms with van der Waals surface area (Å²) in [7, 11) is 4.34. The lowest BCUT2D eigenvalue weighted by Crippen LogP contribution is -2.38. The van der Waals surface area contributed by atoms with Crippen LogP contribution in [0.25, 0.3) is 0 Å². The lowest BCUT2D eigenvalue weighted by molar-refractivity contribution is 0.213. The Morgan fingerprint density at radius 3 is 2.50 bits per heavy atom. The van der Waals surface area contributed by atoms with Gasteiger partial charge in [0.25, 0.3) is 0 Å². The fraction of sp³-hybridized carbons (Fsp3) is 1.00. The van der Waals surface area contributed by atoms with Gasteiger partial charge < -0.3 is 10.6 Å². The number of nitrogens with two attached hydrogens (primary N) is 1. The second kappa shape index (κ2) is 5.10. The van der Waals surface area contributed by atoms with Crippen molar-refractivity contribution in [3.05, 3.63) is 0 Å². The zero-order valence-electron chi connectivity index (χ0n) is 10.0. The zero-order valence-corrected chi connectivity index (χ0v) is 10.0. The Bertz CT molecular complexity index is 168. The predicted molar refractivity (Wildman–Crippen MR) is 61.4 cm³/mol. The lowest BCUT2D eigenvalue weighted by atomic mass is 10.1. The topological polar surface area (TPSA) is 32.5 Å². The molecule has 14 heavy (non-hydrogen) atoms. The molecule has 2 N–H and O–H groups in total. The molecular weight excluding hydrogens is 174 g/mol. The highest BCUT2D eigenvalue weighted by atomic mass is 15.2. The van der Waals surface area contributed by atoms with Crippen LogP contribution in [-0.2, 0) is 0 Å². The Hall–Kier alpha value is -0.120. The third-order valence-corrected chi connectivity index (χ3v) is 3.26. The van der Waals surface area contributed by atoms with Gasteiger partial charge in [-0.3, -0.25) is 4.90 Å². The van der Waals surface area contributed by atoms with E-state index in [0.29, 0.717) is 12.1 Å². The average Bonchev–Trinajstić information content (AvgIpc) is 2.50. The molecule has 1 heterocycles. The van der Waals surface area contributed by atoms with E-state index in [-0.39, 0.29) is 0 Å². The van der Waals surface area contributed by atoms with E-state index in [2.05, 4.69) is 37.7 Å². The zero-order chi connectivity index (χ0) is 10.7. The summed E-state index contributed by atoms with van der Waals surface area (Å²) in [6.45, 7) is 6.83. The molecule has 0 saturated carbocycles. The molecule has 0 spiro atoms. The van der Waals surface area contributed by atoms with Gasteiger partial charge >= 0.3 is 0 Å².